The van der Waals surface area contributed by atoms with Crippen molar-refractivity contribution in [3.63, 3.8) is 0 Å². The molecule has 0 saturated carbocycles. The first kappa shape index (κ1) is 21.8. The van der Waals surface area contributed by atoms with Crippen LogP contribution in [0.1, 0.15) is 37.3 Å². The predicted octanol–water partition coefficient (Wildman–Crippen LogP) is 7.19. The van der Waals surface area contributed by atoms with E-state index in [9.17, 15) is 4.39 Å². The molecule has 0 radical (unpaired) electrons. The molecule has 1 fully saturated rings. The van der Waals surface area contributed by atoms with Gasteiger partial charge in [0.2, 0.25) is 0 Å². The number of likely N-dealkylation sites (tertiary alicyclic amines) is 1. The minimum absolute atomic E-state index is 0.245. The Morgan fingerprint density at radius 3 is 2.41 bits per heavy atom. The van der Waals surface area contributed by atoms with Crippen molar-refractivity contribution in [2.45, 2.75) is 39.2 Å². The number of benzene rings is 3. The second-order valence-electron chi connectivity index (χ2n) is 8.35. The van der Waals surface area contributed by atoms with Crippen LogP contribution in [0.5, 0.6) is 0 Å². The molecule has 4 rings (SSSR count). The number of nitrogens with zero attached hydrogens (tertiary/aromatic N) is 2. The van der Waals surface area contributed by atoms with E-state index in [-0.39, 0.29) is 5.82 Å². The summed E-state index contributed by atoms with van der Waals surface area (Å²) in [7, 11) is 0. The van der Waals surface area contributed by atoms with Crippen LogP contribution in [0.25, 0.3) is 5.70 Å². The summed E-state index contributed by atoms with van der Waals surface area (Å²) >= 11 is 0. The van der Waals surface area contributed by atoms with Gasteiger partial charge in [0.1, 0.15) is 11.7 Å². The van der Waals surface area contributed by atoms with Crippen molar-refractivity contribution in [1.29, 1.82) is 0 Å². The van der Waals surface area contributed by atoms with E-state index >= 15 is 0 Å². The summed E-state index contributed by atoms with van der Waals surface area (Å²) in [4.78, 5) is 7.45. The number of piperidine rings is 1. The highest BCUT2D eigenvalue weighted by molar-refractivity contribution is 6.02. The van der Waals surface area contributed by atoms with E-state index in [2.05, 4.69) is 42.3 Å². The highest BCUT2D eigenvalue weighted by Gasteiger charge is 2.21. The number of hydrogen-bond acceptors (Lipinski definition) is 2. The number of nitrogens with one attached hydrogen (secondary N) is 1. The number of hydrogen-bond donors (Lipinski definition) is 1. The Kier molecular flexibility index (Phi) is 7.00. The molecular formula is C28H30FN3. The third-order valence-electron chi connectivity index (χ3n) is 5.93. The summed E-state index contributed by atoms with van der Waals surface area (Å²) in [5.41, 5.74) is 4.98. The molecule has 0 amide bonds. The Bertz CT molecular complexity index is 1090. The topological polar surface area (TPSA) is 27.6 Å². The zero-order valence-corrected chi connectivity index (χ0v) is 18.8. The third-order valence-corrected chi connectivity index (χ3v) is 5.93. The van der Waals surface area contributed by atoms with Crippen LogP contribution in [0.4, 0.5) is 15.8 Å². The summed E-state index contributed by atoms with van der Waals surface area (Å²) in [5, 5.41) is 3.52. The fourth-order valence-electron chi connectivity index (χ4n) is 4.13. The van der Waals surface area contributed by atoms with Crippen molar-refractivity contribution in [2.75, 3.05) is 11.9 Å². The van der Waals surface area contributed by atoms with Gasteiger partial charge in [-0.2, -0.15) is 0 Å². The van der Waals surface area contributed by atoms with Gasteiger partial charge in [-0.15, -0.1) is 0 Å². The Hall–Kier alpha value is -3.40. The van der Waals surface area contributed by atoms with Crippen LogP contribution in [-0.4, -0.2) is 23.3 Å². The van der Waals surface area contributed by atoms with E-state index in [1.165, 1.54) is 24.1 Å². The predicted molar refractivity (Wildman–Crippen MR) is 133 cm³/mol. The fraction of sp³-hybridized carbons (Fsp3) is 0.250. The van der Waals surface area contributed by atoms with E-state index in [1.807, 2.05) is 42.5 Å². The first-order chi connectivity index (χ1) is 15.6. The van der Waals surface area contributed by atoms with Crippen molar-refractivity contribution in [3.8, 4) is 0 Å². The lowest BCUT2D eigenvalue weighted by Crippen LogP contribution is -2.41. The average Bonchev–Trinajstić information content (AvgIpc) is 2.81. The molecule has 1 atom stereocenters. The molecular weight excluding hydrogens is 397 g/mol. The van der Waals surface area contributed by atoms with Crippen LogP contribution in [0, 0.1) is 12.7 Å². The van der Waals surface area contributed by atoms with E-state index in [4.69, 9.17) is 4.99 Å². The molecule has 4 heteroatoms. The molecule has 32 heavy (non-hydrogen) atoms. The minimum atomic E-state index is -0.245. The van der Waals surface area contributed by atoms with Crippen LogP contribution in [0.2, 0.25) is 0 Å². The molecule has 1 heterocycles. The maximum atomic E-state index is 13.5. The lowest BCUT2D eigenvalue weighted by molar-refractivity contribution is 0.259. The number of aryl methyl sites for hydroxylation is 1. The molecule has 1 unspecified atom stereocenters. The summed E-state index contributed by atoms with van der Waals surface area (Å²) in [6.07, 6.45) is 5.71. The molecule has 3 aromatic rings. The van der Waals surface area contributed by atoms with Crippen LogP contribution in [-0.2, 0) is 0 Å². The van der Waals surface area contributed by atoms with Crippen molar-refractivity contribution in [2.24, 2.45) is 4.99 Å². The normalized spacial score (nSPS) is 17.3. The Labute approximate surface area is 190 Å². The van der Waals surface area contributed by atoms with Gasteiger partial charge >= 0.3 is 0 Å². The van der Waals surface area contributed by atoms with Gasteiger partial charge in [-0.1, -0.05) is 42.5 Å². The number of halogens is 1. The number of aliphatic imine (C=N–C) groups is 1. The largest absolute Gasteiger partial charge is 0.355 e. The van der Waals surface area contributed by atoms with Crippen LogP contribution in [0.3, 0.4) is 0 Å². The van der Waals surface area contributed by atoms with Crippen LogP contribution < -0.4 is 5.32 Å². The third kappa shape index (κ3) is 5.44. The van der Waals surface area contributed by atoms with Crippen molar-refractivity contribution < 1.29 is 4.39 Å². The molecule has 1 aliphatic rings. The molecule has 0 aromatic heterocycles. The van der Waals surface area contributed by atoms with E-state index in [0.717, 1.165) is 47.9 Å². The average molecular weight is 428 g/mol. The van der Waals surface area contributed by atoms with E-state index < -0.39 is 0 Å². The monoisotopic (exact) mass is 427 g/mol. The van der Waals surface area contributed by atoms with Crippen molar-refractivity contribution in [3.05, 3.63) is 102 Å². The molecule has 1 N–H and O–H groups in total. The van der Waals surface area contributed by atoms with Gasteiger partial charge < -0.3 is 10.2 Å². The SMILES string of the molecule is Cc1ccccc1/C(=C/C(=Nc1ccccc1)N1CCCCC1C)Nc1ccc(F)cc1. The highest BCUT2D eigenvalue weighted by Crippen LogP contribution is 2.25. The molecule has 0 aliphatic carbocycles. The van der Waals surface area contributed by atoms with Gasteiger partial charge in [0, 0.05) is 35.6 Å². The maximum Gasteiger partial charge on any atom is 0.131 e. The lowest BCUT2D eigenvalue weighted by atomic mass is 10.0. The van der Waals surface area contributed by atoms with E-state index in [1.54, 1.807) is 12.1 Å². The minimum Gasteiger partial charge on any atom is -0.355 e. The van der Waals surface area contributed by atoms with Crippen molar-refractivity contribution >= 4 is 22.9 Å². The van der Waals surface area contributed by atoms with Crippen LogP contribution in [0.15, 0.2) is 89.9 Å². The molecule has 1 saturated heterocycles. The van der Waals surface area contributed by atoms with Gasteiger partial charge in [0.25, 0.3) is 0 Å². The Morgan fingerprint density at radius 2 is 1.69 bits per heavy atom. The zero-order chi connectivity index (χ0) is 22.3. The van der Waals surface area contributed by atoms with Gasteiger partial charge in [-0.25, -0.2) is 9.38 Å². The van der Waals surface area contributed by atoms with Gasteiger partial charge in [-0.05, 0) is 75.1 Å². The van der Waals surface area contributed by atoms with Crippen LogP contribution >= 0.6 is 0 Å². The number of amidine groups is 1. The Balaban J connectivity index is 1.81. The second-order valence-corrected chi connectivity index (χ2v) is 8.35. The maximum absolute atomic E-state index is 13.5. The number of rotatable bonds is 5. The van der Waals surface area contributed by atoms with E-state index in [0.29, 0.717) is 6.04 Å². The second kappa shape index (κ2) is 10.3. The highest BCUT2D eigenvalue weighted by atomic mass is 19.1. The summed E-state index contributed by atoms with van der Waals surface area (Å²) < 4.78 is 13.5. The molecule has 0 spiro atoms. The number of para-hydroxylation sites is 1. The standard InChI is InChI=1S/C28H30FN3/c1-21-10-6-7-14-26(21)27(30-25-17-15-23(29)16-18-25)20-28(31-24-12-4-3-5-13-24)32-19-9-8-11-22(32)2/h3-7,10,12-18,20,22,30H,8-9,11,19H2,1-2H3/b27-20-,31-28?. The lowest BCUT2D eigenvalue weighted by Gasteiger charge is -2.35. The molecule has 3 nitrogen and oxygen atoms in total. The molecule has 0 bridgehead atoms. The molecule has 3 aromatic carbocycles. The zero-order valence-electron chi connectivity index (χ0n) is 18.8. The van der Waals surface area contributed by atoms with Crippen molar-refractivity contribution in [1.82, 2.24) is 4.90 Å². The molecule has 1 aliphatic heterocycles. The molecule has 164 valence electrons. The summed E-state index contributed by atoms with van der Waals surface area (Å²) in [6.45, 7) is 5.36. The first-order valence-corrected chi connectivity index (χ1v) is 11.3. The fourth-order valence-corrected chi connectivity index (χ4v) is 4.13. The van der Waals surface area contributed by atoms with Gasteiger partial charge in [-0.3, -0.25) is 0 Å². The van der Waals surface area contributed by atoms with Gasteiger partial charge in [0.05, 0.1) is 5.69 Å². The smallest absolute Gasteiger partial charge is 0.131 e. The Morgan fingerprint density at radius 1 is 0.969 bits per heavy atom. The summed E-state index contributed by atoms with van der Waals surface area (Å²) in [5.74, 6) is 0.696. The first-order valence-electron chi connectivity index (χ1n) is 11.3. The quantitative estimate of drug-likeness (QED) is 0.345. The number of anilines is 1. The van der Waals surface area contributed by atoms with Gasteiger partial charge in [0.15, 0.2) is 0 Å². The summed E-state index contributed by atoms with van der Waals surface area (Å²) in [6, 6.07) is 25.3.